The zero-order valence-electron chi connectivity index (χ0n) is 14.9. The first-order valence-corrected chi connectivity index (χ1v) is 13.4. The van der Waals surface area contributed by atoms with Crippen LogP contribution >= 0.6 is 31.9 Å². The van der Waals surface area contributed by atoms with Crippen molar-refractivity contribution >= 4 is 51.8 Å². The molecule has 1 aliphatic carbocycles. The minimum atomic E-state index is -0.897. The highest BCUT2D eigenvalue weighted by molar-refractivity contribution is 9.28. The van der Waals surface area contributed by atoms with Crippen molar-refractivity contribution < 1.29 is 14.7 Å². The van der Waals surface area contributed by atoms with E-state index >= 15 is 0 Å². The molecule has 0 amide bonds. The fourth-order valence-electron chi connectivity index (χ4n) is 2.22. The van der Waals surface area contributed by atoms with Crippen LogP contribution in [-0.4, -0.2) is 37.7 Å². The molecule has 0 aromatic heterocycles. The van der Waals surface area contributed by atoms with E-state index in [-0.39, 0.29) is 5.78 Å². The second-order valence-electron chi connectivity index (χ2n) is 6.92. The fourth-order valence-corrected chi connectivity index (χ4v) is 4.18. The molecule has 0 bridgehead atoms. The summed E-state index contributed by atoms with van der Waals surface area (Å²) in [6.07, 6.45) is 5.58. The lowest BCUT2D eigenvalue weighted by Gasteiger charge is -2.13. The first kappa shape index (κ1) is 23.7. The van der Waals surface area contributed by atoms with Crippen molar-refractivity contribution in [3.8, 4) is 0 Å². The predicted molar refractivity (Wildman–Crippen MR) is 109 cm³/mol. The third-order valence-corrected chi connectivity index (χ3v) is 6.24. The molecule has 1 atom stereocenters. The summed E-state index contributed by atoms with van der Waals surface area (Å²) < 4.78 is 0.761. The molecule has 24 heavy (non-hydrogen) atoms. The van der Waals surface area contributed by atoms with Gasteiger partial charge in [-0.1, -0.05) is 39.0 Å². The SMILES string of the molecule is CCCC(O)C1=CC(=O)CC1=C(Br)Br.C[Si](C)(C)CCCN=C=O. The molecule has 1 aliphatic rings. The molecule has 4 nitrogen and oxygen atoms in total. The summed E-state index contributed by atoms with van der Waals surface area (Å²) in [6, 6.07) is 1.25. The summed E-state index contributed by atoms with van der Waals surface area (Å²) in [7, 11) is -0.897. The van der Waals surface area contributed by atoms with Crippen LogP contribution in [0.4, 0.5) is 0 Å². The van der Waals surface area contributed by atoms with E-state index < -0.39 is 14.2 Å². The fraction of sp³-hybridized carbons (Fsp3) is 0.647. The molecular weight excluding hydrogens is 454 g/mol. The maximum atomic E-state index is 11.2. The van der Waals surface area contributed by atoms with Crippen LogP contribution in [0.2, 0.25) is 25.7 Å². The minimum absolute atomic E-state index is 0.0570. The smallest absolute Gasteiger partial charge is 0.234 e. The van der Waals surface area contributed by atoms with E-state index in [9.17, 15) is 14.7 Å². The molecule has 0 radical (unpaired) electrons. The molecular formula is C17H27Br2NO3Si. The number of carbonyl (C=O) groups excluding carboxylic acids is 2. The van der Waals surface area contributed by atoms with Gasteiger partial charge in [0, 0.05) is 14.5 Å². The van der Waals surface area contributed by atoms with Crippen molar-refractivity contribution in [3.05, 3.63) is 20.6 Å². The van der Waals surface area contributed by atoms with Crippen LogP contribution in [0, 0.1) is 0 Å². The zero-order valence-corrected chi connectivity index (χ0v) is 19.0. The number of halogens is 2. The van der Waals surface area contributed by atoms with Crippen LogP contribution in [0.15, 0.2) is 25.6 Å². The van der Waals surface area contributed by atoms with E-state index in [4.69, 9.17) is 0 Å². The van der Waals surface area contributed by atoms with Crippen molar-refractivity contribution in [2.45, 2.75) is 64.4 Å². The number of hydrogen-bond donors (Lipinski definition) is 1. The molecule has 0 fully saturated rings. The monoisotopic (exact) mass is 479 g/mol. The number of nitrogens with zero attached hydrogens (tertiary/aromatic N) is 1. The van der Waals surface area contributed by atoms with Gasteiger partial charge in [0.25, 0.3) is 0 Å². The Hall–Kier alpha value is -0.333. The summed E-state index contributed by atoms with van der Waals surface area (Å²) in [6.45, 7) is 9.62. The summed E-state index contributed by atoms with van der Waals surface area (Å²) in [5.41, 5.74) is 1.62. The number of carbonyl (C=O) groups is 1. The number of rotatable bonds is 7. The minimum Gasteiger partial charge on any atom is -0.388 e. The molecule has 7 heteroatoms. The van der Waals surface area contributed by atoms with Crippen LogP contribution in [0.5, 0.6) is 0 Å². The highest BCUT2D eigenvalue weighted by atomic mass is 79.9. The Morgan fingerprint density at radius 2 is 2.04 bits per heavy atom. The molecule has 0 aromatic carbocycles. The van der Waals surface area contributed by atoms with Crippen LogP contribution in [0.1, 0.15) is 32.6 Å². The van der Waals surface area contributed by atoms with Crippen LogP contribution in [0.3, 0.4) is 0 Å². The number of aliphatic hydroxyl groups excluding tert-OH is 1. The topological polar surface area (TPSA) is 66.7 Å². The number of aliphatic hydroxyl groups is 1. The van der Waals surface area contributed by atoms with Gasteiger partial charge in [0.2, 0.25) is 6.08 Å². The zero-order chi connectivity index (χ0) is 18.8. The largest absolute Gasteiger partial charge is 0.388 e. The first-order valence-electron chi connectivity index (χ1n) is 8.13. The van der Waals surface area contributed by atoms with E-state index in [1.54, 1.807) is 6.08 Å². The Balaban J connectivity index is 0.000000470. The molecule has 0 saturated heterocycles. The number of allylic oxidation sites excluding steroid dienone is 1. The second-order valence-corrected chi connectivity index (χ2v) is 15.2. The molecule has 0 aliphatic heterocycles. The van der Waals surface area contributed by atoms with Crippen molar-refractivity contribution in [2.75, 3.05) is 6.54 Å². The summed E-state index contributed by atoms with van der Waals surface area (Å²) in [5.74, 6) is 0.0570. The van der Waals surface area contributed by atoms with E-state index in [0.29, 0.717) is 19.4 Å². The van der Waals surface area contributed by atoms with E-state index in [1.165, 1.54) is 12.1 Å². The van der Waals surface area contributed by atoms with Gasteiger partial charge in [0.15, 0.2) is 5.78 Å². The number of aliphatic imine (C=N–C) groups is 1. The van der Waals surface area contributed by atoms with E-state index in [2.05, 4.69) is 56.5 Å². The lowest BCUT2D eigenvalue weighted by atomic mass is 10.0. The van der Waals surface area contributed by atoms with Gasteiger partial charge in [0.05, 0.1) is 16.0 Å². The average Bonchev–Trinajstić information content (AvgIpc) is 2.86. The average molecular weight is 481 g/mol. The van der Waals surface area contributed by atoms with Crippen molar-refractivity contribution in [1.82, 2.24) is 0 Å². The second kappa shape index (κ2) is 12.1. The normalized spacial score (nSPS) is 15.2. The van der Waals surface area contributed by atoms with Gasteiger partial charge in [-0.2, -0.15) is 0 Å². The molecule has 136 valence electrons. The molecule has 0 spiro atoms. The Morgan fingerprint density at radius 3 is 2.50 bits per heavy atom. The van der Waals surface area contributed by atoms with Crippen LogP contribution in [0.25, 0.3) is 0 Å². The van der Waals surface area contributed by atoms with Gasteiger partial charge in [-0.05, 0) is 61.9 Å². The van der Waals surface area contributed by atoms with Gasteiger partial charge in [0.1, 0.15) is 0 Å². The maximum Gasteiger partial charge on any atom is 0.234 e. The Bertz CT molecular complexity index is 528. The predicted octanol–water partition coefficient (Wildman–Crippen LogP) is 5.10. The Kier molecular flexibility index (Phi) is 11.9. The molecule has 0 aromatic rings. The summed E-state index contributed by atoms with van der Waals surface area (Å²) >= 11 is 6.56. The molecule has 1 rings (SSSR count). The lowest BCUT2D eigenvalue weighted by molar-refractivity contribution is -0.113. The van der Waals surface area contributed by atoms with E-state index in [1.807, 2.05) is 6.92 Å². The van der Waals surface area contributed by atoms with E-state index in [0.717, 1.165) is 27.4 Å². The molecule has 0 heterocycles. The van der Waals surface area contributed by atoms with Crippen LogP contribution < -0.4 is 0 Å². The number of ketones is 1. The van der Waals surface area contributed by atoms with Crippen molar-refractivity contribution in [3.63, 3.8) is 0 Å². The Morgan fingerprint density at radius 1 is 1.42 bits per heavy atom. The standard InChI is InChI=1S/C10H12Br2O2.C7H15NOSi/c1-2-3-9(14)7-4-6(13)5-8(7)10(11)12;1-10(2,3)6-4-5-8-7-9/h4,9,14H,2-3,5H2,1H3;4-6H2,1-3H3. The van der Waals surface area contributed by atoms with Gasteiger partial charge in [-0.3, -0.25) is 4.79 Å². The Labute approximate surface area is 162 Å². The maximum absolute atomic E-state index is 11.2. The lowest BCUT2D eigenvalue weighted by Crippen LogP contribution is -2.18. The van der Waals surface area contributed by atoms with Gasteiger partial charge >= 0.3 is 0 Å². The first-order chi connectivity index (χ1) is 11.1. The number of hydrogen-bond acceptors (Lipinski definition) is 4. The van der Waals surface area contributed by atoms with Crippen molar-refractivity contribution in [2.24, 2.45) is 4.99 Å². The quantitative estimate of drug-likeness (QED) is 0.238. The highest BCUT2D eigenvalue weighted by Crippen LogP contribution is 2.34. The molecule has 1 unspecified atom stereocenters. The molecule has 0 saturated carbocycles. The van der Waals surface area contributed by atoms with Crippen molar-refractivity contribution in [1.29, 1.82) is 0 Å². The highest BCUT2D eigenvalue weighted by Gasteiger charge is 2.25. The molecule has 1 N–H and O–H groups in total. The third kappa shape index (κ3) is 10.5. The van der Waals surface area contributed by atoms with Gasteiger partial charge in [-0.15, -0.1) is 0 Å². The summed E-state index contributed by atoms with van der Waals surface area (Å²) in [5, 5.41) is 9.79. The van der Waals surface area contributed by atoms with Gasteiger partial charge < -0.3 is 5.11 Å². The third-order valence-electron chi connectivity index (χ3n) is 3.43. The van der Waals surface area contributed by atoms with Gasteiger partial charge in [-0.25, -0.2) is 9.79 Å². The summed E-state index contributed by atoms with van der Waals surface area (Å²) in [4.78, 5) is 24.4. The van der Waals surface area contributed by atoms with Crippen LogP contribution in [-0.2, 0) is 9.59 Å². The number of isocyanates is 1.